The molecule has 1 fully saturated rings. The van der Waals surface area contributed by atoms with Crippen LogP contribution in [-0.4, -0.2) is 44.4 Å². The predicted octanol–water partition coefficient (Wildman–Crippen LogP) is 1.16. The molecule has 6 heteroatoms. The third kappa shape index (κ3) is 4.88. The normalized spacial score (nSPS) is 22.5. The Balaban J connectivity index is 1.67. The molecule has 2 unspecified atom stereocenters. The largest absolute Gasteiger partial charge is 0.370 e. The standard InChI is InChI=1S/C14H19FN2O3/c1-10-6-16-7-13(20-10)8-19-9-14(18)17-12-4-2-3-11(15)5-12/h2-5,10,13,16H,6-9H2,1H3,(H,17,18). The smallest absolute Gasteiger partial charge is 0.250 e. The molecule has 0 spiro atoms. The van der Waals surface area contributed by atoms with Crippen molar-refractivity contribution in [3.8, 4) is 0 Å². The number of rotatable bonds is 5. The van der Waals surface area contributed by atoms with Crippen molar-refractivity contribution < 1.29 is 18.7 Å². The molecule has 2 N–H and O–H groups in total. The number of hydrogen-bond acceptors (Lipinski definition) is 4. The summed E-state index contributed by atoms with van der Waals surface area (Å²) in [5.74, 6) is -0.702. The van der Waals surface area contributed by atoms with Gasteiger partial charge >= 0.3 is 0 Å². The Morgan fingerprint density at radius 1 is 1.55 bits per heavy atom. The highest BCUT2D eigenvalue weighted by Gasteiger charge is 2.18. The fourth-order valence-corrected chi connectivity index (χ4v) is 2.02. The first kappa shape index (κ1) is 14.9. The van der Waals surface area contributed by atoms with Crippen molar-refractivity contribution in [2.75, 3.05) is 31.6 Å². The number of nitrogens with one attached hydrogen (secondary N) is 2. The van der Waals surface area contributed by atoms with Crippen molar-refractivity contribution in [1.29, 1.82) is 0 Å². The number of halogens is 1. The van der Waals surface area contributed by atoms with Crippen LogP contribution < -0.4 is 10.6 Å². The molecule has 0 aromatic heterocycles. The molecule has 5 nitrogen and oxygen atoms in total. The van der Waals surface area contributed by atoms with E-state index in [9.17, 15) is 9.18 Å². The van der Waals surface area contributed by atoms with Gasteiger partial charge in [-0.1, -0.05) is 6.07 Å². The van der Waals surface area contributed by atoms with Crippen LogP contribution in [0.3, 0.4) is 0 Å². The molecule has 0 bridgehead atoms. The second kappa shape index (κ2) is 7.33. The van der Waals surface area contributed by atoms with Crippen LogP contribution >= 0.6 is 0 Å². The molecule has 2 rings (SSSR count). The molecule has 1 heterocycles. The Hall–Kier alpha value is -1.50. The van der Waals surface area contributed by atoms with Gasteiger partial charge in [-0.05, 0) is 25.1 Å². The molecule has 1 saturated heterocycles. The highest BCUT2D eigenvalue weighted by atomic mass is 19.1. The number of anilines is 1. The summed E-state index contributed by atoms with van der Waals surface area (Å²) in [6.07, 6.45) is 0.110. The highest BCUT2D eigenvalue weighted by Crippen LogP contribution is 2.09. The number of carbonyl (C=O) groups excluding carboxylic acids is 1. The Kier molecular flexibility index (Phi) is 5.46. The van der Waals surface area contributed by atoms with Crippen molar-refractivity contribution in [2.24, 2.45) is 0 Å². The molecule has 110 valence electrons. The van der Waals surface area contributed by atoms with E-state index in [1.54, 1.807) is 6.07 Å². The van der Waals surface area contributed by atoms with Gasteiger partial charge in [-0.2, -0.15) is 0 Å². The first-order valence-electron chi connectivity index (χ1n) is 6.63. The van der Waals surface area contributed by atoms with Crippen LogP contribution in [0, 0.1) is 5.82 Å². The topological polar surface area (TPSA) is 59.6 Å². The zero-order valence-electron chi connectivity index (χ0n) is 11.4. The maximum absolute atomic E-state index is 12.9. The van der Waals surface area contributed by atoms with E-state index in [1.807, 2.05) is 6.92 Å². The minimum Gasteiger partial charge on any atom is -0.370 e. The second-order valence-corrected chi connectivity index (χ2v) is 4.80. The second-order valence-electron chi connectivity index (χ2n) is 4.80. The molecule has 1 aromatic carbocycles. The third-order valence-corrected chi connectivity index (χ3v) is 2.87. The fourth-order valence-electron chi connectivity index (χ4n) is 2.02. The first-order valence-corrected chi connectivity index (χ1v) is 6.63. The lowest BCUT2D eigenvalue weighted by molar-refractivity contribution is -0.123. The Bertz CT molecular complexity index is 456. The van der Waals surface area contributed by atoms with Gasteiger partial charge in [0, 0.05) is 18.8 Å². The van der Waals surface area contributed by atoms with Gasteiger partial charge in [0.15, 0.2) is 0 Å². The van der Waals surface area contributed by atoms with Gasteiger partial charge in [0.2, 0.25) is 5.91 Å². The van der Waals surface area contributed by atoms with Gasteiger partial charge in [0.05, 0.1) is 18.8 Å². The van der Waals surface area contributed by atoms with Crippen molar-refractivity contribution in [2.45, 2.75) is 19.1 Å². The summed E-state index contributed by atoms with van der Waals surface area (Å²) < 4.78 is 23.9. The van der Waals surface area contributed by atoms with Crippen LogP contribution in [0.4, 0.5) is 10.1 Å². The van der Waals surface area contributed by atoms with E-state index in [0.29, 0.717) is 12.3 Å². The SMILES string of the molecule is CC1CNCC(COCC(=O)Nc2cccc(F)c2)O1. The lowest BCUT2D eigenvalue weighted by Gasteiger charge is -2.28. The van der Waals surface area contributed by atoms with E-state index in [4.69, 9.17) is 9.47 Å². The van der Waals surface area contributed by atoms with Crippen LogP contribution in [0.2, 0.25) is 0 Å². The van der Waals surface area contributed by atoms with Crippen molar-refractivity contribution in [3.63, 3.8) is 0 Å². The molecule has 1 amide bonds. The van der Waals surface area contributed by atoms with E-state index in [0.717, 1.165) is 13.1 Å². The van der Waals surface area contributed by atoms with Crippen molar-refractivity contribution >= 4 is 11.6 Å². The summed E-state index contributed by atoms with van der Waals surface area (Å²) in [6, 6.07) is 5.74. The average molecular weight is 282 g/mol. The molecular weight excluding hydrogens is 263 g/mol. The average Bonchev–Trinajstić information content (AvgIpc) is 2.38. The van der Waals surface area contributed by atoms with Crippen LogP contribution in [0.25, 0.3) is 0 Å². The van der Waals surface area contributed by atoms with Crippen molar-refractivity contribution in [3.05, 3.63) is 30.1 Å². The van der Waals surface area contributed by atoms with Crippen LogP contribution in [-0.2, 0) is 14.3 Å². The number of amides is 1. The fraction of sp³-hybridized carbons (Fsp3) is 0.500. The van der Waals surface area contributed by atoms with E-state index < -0.39 is 0 Å². The lowest BCUT2D eigenvalue weighted by Crippen LogP contribution is -2.45. The zero-order valence-corrected chi connectivity index (χ0v) is 11.4. The van der Waals surface area contributed by atoms with E-state index >= 15 is 0 Å². The quantitative estimate of drug-likeness (QED) is 0.851. The summed E-state index contributed by atoms with van der Waals surface area (Å²) in [4.78, 5) is 11.6. The monoisotopic (exact) mass is 282 g/mol. The van der Waals surface area contributed by atoms with Crippen LogP contribution in [0.5, 0.6) is 0 Å². The molecule has 1 aliphatic heterocycles. The Morgan fingerprint density at radius 2 is 2.40 bits per heavy atom. The van der Waals surface area contributed by atoms with Crippen LogP contribution in [0.1, 0.15) is 6.92 Å². The first-order chi connectivity index (χ1) is 9.63. The number of ether oxygens (including phenoxy) is 2. The molecule has 2 atom stereocenters. The molecule has 20 heavy (non-hydrogen) atoms. The van der Waals surface area contributed by atoms with Gasteiger partial charge in [0.1, 0.15) is 12.4 Å². The van der Waals surface area contributed by atoms with Gasteiger partial charge in [-0.25, -0.2) is 4.39 Å². The molecule has 1 aromatic rings. The minimum atomic E-state index is -0.389. The molecular formula is C14H19FN2O3. The van der Waals surface area contributed by atoms with Gasteiger partial charge < -0.3 is 20.1 Å². The molecule has 1 aliphatic rings. The summed E-state index contributed by atoms with van der Waals surface area (Å²) in [7, 11) is 0. The van der Waals surface area contributed by atoms with E-state index in [-0.39, 0.29) is 30.5 Å². The number of carbonyl (C=O) groups is 1. The minimum absolute atomic E-state index is 0.0410. The molecule has 0 aliphatic carbocycles. The number of morpholine rings is 1. The van der Waals surface area contributed by atoms with Gasteiger partial charge in [0.25, 0.3) is 0 Å². The Labute approximate surface area is 117 Å². The summed E-state index contributed by atoms with van der Waals surface area (Å²) in [5, 5.41) is 5.79. The lowest BCUT2D eigenvalue weighted by atomic mass is 10.2. The van der Waals surface area contributed by atoms with E-state index in [2.05, 4.69) is 10.6 Å². The molecule has 0 saturated carbocycles. The summed E-state index contributed by atoms with van der Waals surface area (Å²) in [5.41, 5.74) is 0.419. The third-order valence-electron chi connectivity index (χ3n) is 2.87. The van der Waals surface area contributed by atoms with Crippen LogP contribution in [0.15, 0.2) is 24.3 Å². The Morgan fingerprint density at radius 3 is 3.15 bits per heavy atom. The van der Waals surface area contributed by atoms with Gasteiger partial charge in [-0.3, -0.25) is 4.79 Å². The van der Waals surface area contributed by atoms with E-state index in [1.165, 1.54) is 18.2 Å². The predicted molar refractivity (Wildman–Crippen MR) is 73.1 cm³/mol. The maximum atomic E-state index is 12.9. The zero-order chi connectivity index (χ0) is 14.4. The maximum Gasteiger partial charge on any atom is 0.250 e. The summed E-state index contributed by atoms with van der Waals surface area (Å²) >= 11 is 0. The number of hydrogen-bond donors (Lipinski definition) is 2. The van der Waals surface area contributed by atoms with Crippen molar-refractivity contribution in [1.82, 2.24) is 5.32 Å². The summed E-state index contributed by atoms with van der Waals surface area (Å²) in [6.45, 7) is 3.81. The van der Waals surface area contributed by atoms with Gasteiger partial charge in [-0.15, -0.1) is 0 Å². The molecule has 0 radical (unpaired) electrons. The number of benzene rings is 1. The highest BCUT2D eigenvalue weighted by molar-refractivity contribution is 5.91.